The van der Waals surface area contributed by atoms with Crippen molar-refractivity contribution >= 4 is 5.91 Å². The second kappa shape index (κ2) is 8.75. The first-order valence-corrected chi connectivity index (χ1v) is 7.62. The van der Waals surface area contributed by atoms with Crippen LogP contribution in [0.1, 0.15) is 37.0 Å². The maximum absolute atomic E-state index is 11.8. The Balaban J connectivity index is 2.29. The number of amides is 1. The Morgan fingerprint density at radius 3 is 2.50 bits per heavy atom. The summed E-state index contributed by atoms with van der Waals surface area (Å²) in [6.07, 6.45) is 1.39. The number of likely N-dealkylation sites (N-methyl/N-ethyl adjacent to an activating group) is 1. The number of hydrogen-bond acceptors (Lipinski definition) is 2. The highest BCUT2D eigenvalue weighted by atomic mass is 16.1. The van der Waals surface area contributed by atoms with E-state index < -0.39 is 0 Å². The predicted molar refractivity (Wildman–Crippen MR) is 85.0 cm³/mol. The summed E-state index contributed by atoms with van der Waals surface area (Å²) in [6, 6.07) is 6.42. The van der Waals surface area contributed by atoms with Crippen LogP contribution in [-0.4, -0.2) is 37.0 Å². The van der Waals surface area contributed by atoms with Crippen LogP contribution in [0.15, 0.2) is 18.2 Å². The maximum atomic E-state index is 11.8. The van der Waals surface area contributed by atoms with Gasteiger partial charge in [0.1, 0.15) is 0 Å². The lowest BCUT2D eigenvalue weighted by molar-refractivity contribution is -0.121. The molecule has 1 aromatic carbocycles. The number of hydrogen-bond donors (Lipinski definition) is 1. The van der Waals surface area contributed by atoms with Crippen LogP contribution in [0.3, 0.4) is 0 Å². The molecule has 1 aromatic rings. The minimum atomic E-state index is 0.150. The van der Waals surface area contributed by atoms with Crippen molar-refractivity contribution in [3.63, 3.8) is 0 Å². The molecule has 0 atom stereocenters. The number of nitrogens with zero attached hydrogens (tertiary/aromatic N) is 1. The topological polar surface area (TPSA) is 32.3 Å². The standard InChI is InChI=1S/C17H28N2O/c1-5-19(6-2)12-11-18-17(20)10-9-16-8-7-14(3)13-15(16)4/h7-8,13H,5-6,9-12H2,1-4H3,(H,18,20). The van der Waals surface area contributed by atoms with Crippen molar-refractivity contribution in [3.05, 3.63) is 34.9 Å². The lowest BCUT2D eigenvalue weighted by Gasteiger charge is -2.18. The molecule has 0 spiro atoms. The van der Waals surface area contributed by atoms with Crippen LogP contribution >= 0.6 is 0 Å². The Hall–Kier alpha value is -1.35. The third-order valence-corrected chi connectivity index (χ3v) is 3.76. The summed E-state index contributed by atoms with van der Waals surface area (Å²) in [4.78, 5) is 14.1. The lowest BCUT2D eigenvalue weighted by atomic mass is 10.0. The van der Waals surface area contributed by atoms with Gasteiger partial charge in [-0.15, -0.1) is 0 Å². The van der Waals surface area contributed by atoms with Crippen LogP contribution in [0, 0.1) is 13.8 Å². The van der Waals surface area contributed by atoms with Crippen molar-refractivity contribution in [2.75, 3.05) is 26.2 Å². The molecular formula is C17H28N2O. The molecule has 1 N–H and O–H groups in total. The molecule has 0 aliphatic heterocycles. The lowest BCUT2D eigenvalue weighted by Crippen LogP contribution is -2.34. The van der Waals surface area contributed by atoms with Crippen LogP contribution in [0.25, 0.3) is 0 Å². The maximum Gasteiger partial charge on any atom is 0.220 e. The van der Waals surface area contributed by atoms with Crippen molar-refractivity contribution in [2.45, 2.75) is 40.5 Å². The summed E-state index contributed by atoms with van der Waals surface area (Å²) in [7, 11) is 0. The molecule has 0 saturated heterocycles. The van der Waals surface area contributed by atoms with E-state index in [-0.39, 0.29) is 5.91 Å². The van der Waals surface area contributed by atoms with E-state index in [2.05, 4.69) is 56.1 Å². The fraction of sp³-hybridized carbons (Fsp3) is 0.588. The average molecular weight is 276 g/mol. The van der Waals surface area contributed by atoms with Gasteiger partial charge in [0.05, 0.1) is 0 Å². The van der Waals surface area contributed by atoms with Gasteiger partial charge < -0.3 is 10.2 Å². The first-order valence-electron chi connectivity index (χ1n) is 7.62. The highest BCUT2D eigenvalue weighted by Crippen LogP contribution is 2.12. The number of nitrogens with one attached hydrogen (secondary N) is 1. The molecule has 0 unspecified atom stereocenters. The van der Waals surface area contributed by atoms with Gasteiger partial charge in [0, 0.05) is 19.5 Å². The van der Waals surface area contributed by atoms with Crippen LogP contribution in [-0.2, 0) is 11.2 Å². The molecule has 0 aliphatic rings. The Morgan fingerprint density at radius 1 is 1.20 bits per heavy atom. The third kappa shape index (κ3) is 5.74. The normalized spacial score (nSPS) is 10.8. The Labute approximate surface area is 123 Å². The van der Waals surface area contributed by atoms with E-state index in [0.29, 0.717) is 6.42 Å². The molecule has 20 heavy (non-hydrogen) atoms. The smallest absolute Gasteiger partial charge is 0.220 e. The molecule has 3 nitrogen and oxygen atoms in total. The third-order valence-electron chi connectivity index (χ3n) is 3.76. The Bertz CT molecular complexity index is 425. The number of carbonyl (C=O) groups excluding carboxylic acids is 1. The van der Waals surface area contributed by atoms with Crippen LogP contribution in [0.2, 0.25) is 0 Å². The Kier molecular flexibility index (Phi) is 7.31. The van der Waals surface area contributed by atoms with E-state index in [1.165, 1.54) is 16.7 Å². The predicted octanol–water partition coefficient (Wildman–Crippen LogP) is 2.69. The summed E-state index contributed by atoms with van der Waals surface area (Å²) >= 11 is 0. The first-order chi connectivity index (χ1) is 9.56. The highest BCUT2D eigenvalue weighted by molar-refractivity contribution is 5.76. The average Bonchev–Trinajstić information content (AvgIpc) is 2.42. The molecule has 0 aliphatic carbocycles. The molecule has 0 saturated carbocycles. The van der Waals surface area contributed by atoms with Crippen LogP contribution in [0.4, 0.5) is 0 Å². The van der Waals surface area contributed by atoms with Crippen molar-refractivity contribution in [3.8, 4) is 0 Å². The SMILES string of the molecule is CCN(CC)CCNC(=O)CCc1ccc(C)cc1C. The van der Waals surface area contributed by atoms with Gasteiger partial charge in [-0.25, -0.2) is 0 Å². The van der Waals surface area contributed by atoms with E-state index in [1.807, 2.05) is 0 Å². The van der Waals surface area contributed by atoms with Crippen molar-refractivity contribution in [1.29, 1.82) is 0 Å². The number of benzene rings is 1. The molecule has 1 rings (SSSR count). The van der Waals surface area contributed by atoms with Gasteiger partial charge in [-0.2, -0.15) is 0 Å². The van der Waals surface area contributed by atoms with Gasteiger partial charge in [0.25, 0.3) is 0 Å². The summed E-state index contributed by atoms with van der Waals surface area (Å²) in [5, 5.41) is 3.00. The largest absolute Gasteiger partial charge is 0.355 e. The van der Waals surface area contributed by atoms with Crippen molar-refractivity contribution in [1.82, 2.24) is 10.2 Å². The monoisotopic (exact) mass is 276 g/mol. The summed E-state index contributed by atoms with van der Waals surface area (Å²) in [5.74, 6) is 0.150. The molecule has 0 aromatic heterocycles. The molecule has 0 bridgehead atoms. The zero-order valence-corrected chi connectivity index (χ0v) is 13.3. The van der Waals surface area contributed by atoms with Gasteiger partial charge >= 0.3 is 0 Å². The van der Waals surface area contributed by atoms with Crippen LogP contribution in [0.5, 0.6) is 0 Å². The zero-order chi connectivity index (χ0) is 15.0. The number of carbonyl (C=O) groups is 1. The summed E-state index contributed by atoms with van der Waals surface area (Å²) in [6.45, 7) is 12.2. The fourth-order valence-electron chi connectivity index (χ4n) is 2.36. The van der Waals surface area contributed by atoms with Crippen molar-refractivity contribution in [2.24, 2.45) is 0 Å². The molecule has 0 radical (unpaired) electrons. The summed E-state index contributed by atoms with van der Waals surface area (Å²) in [5.41, 5.74) is 3.82. The van der Waals surface area contributed by atoms with Gasteiger partial charge in [-0.3, -0.25) is 4.79 Å². The van der Waals surface area contributed by atoms with E-state index >= 15 is 0 Å². The zero-order valence-electron chi connectivity index (χ0n) is 13.3. The van der Waals surface area contributed by atoms with E-state index in [4.69, 9.17) is 0 Å². The molecule has 1 amide bonds. The second-order valence-electron chi connectivity index (χ2n) is 5.31. The second-order valence-corrected chi connectivity index (χ2v) is 5.31. The molecule has 112 valence electrons. The van der Waals surface area contributed by atoms with Gasteiger partial charge in [0.15, 0.2) is 0 Å². The minimum Gasteiger partial charge on any atom is -0.355 e. The highest BCUT2D eigenvalue weighted by Gasteiger charge is 2.05. The number of rotatable bonds is 8. The first kappa shape index (κ1) is 16.7. The van der Waals surface area contributed by atoms with E-state index in [0.717, 1.165) is 32.6 Å². The minimum absolute atomic E-state index is 0.150. The van der Waals surface area contributed by atoms with Crippen LogP contribution < -0.4 is 5.32 Å². The fourth-order valence-corrected chi connectivity index (χ4v) is 2.36. The van der Waals surface area contributed by atoms with Crippen molar-refractivity contribution < 1.29 is 4.79 Å². The van der Waals surface area contributed by atoms with E-state index in [9.17, 15) is 4.79 Å². The molecule has 0 heterocycles. The molecule has 3 heteroatoms. The van der Waals surface area contributed by atoms with Gasteiger partial charge in [-0.05, 0) is 44.5 Å². The molecular weight excluding hydrogens is 248 g/mol. The van der Waals surface area contributed by atoms with Gasteiger partial charge in [0.2, 0.25) is 5.91 Å². The van der Waals surface area contributed by atoms with E-state index in [1.54, 1.807) is 0 Å². The quantitative estimate of drug-likeness (QED) is 0.792. The Morgan fingerprint density at radius 2 is 1.90 bits per heavy atom. The molecule has 0 fully saturated rings. The van der Waals surface area contributed by atoms with Gasteiger partial charge in [-0.1, -0.05) is 37.6 Å². The number of aryl methyl sites for hydroxylation is 3. The summed E-state index contributed by atoms with van der Waals surface area (Å²) < 4.78 is 0.